The monoisotopic (exact) mass is 603 g/mol. The summed E-state index contributed by atoms with van der Waals surface area (Å²) in [4.78, 5) is 26.9. The first-order valence-corrected chi connectivity index (χ1v) is 13.8. The second-order valence-corrected chi connectivity index (χ2v) is 11.3. The number of aliphatic hydroxyl groups excluding tert-OH is 1. The number of benzene rings is 4. The van der Waals surface area contributed by atoms with Gasteiger partial charge in [0, 0.05) is 24.6 Å². The summed E-state index contributed by atoms with van der Waals surface area (Å²) in [7, 11) is 3.22. The second-order valence-electron chi connectivity index (χ2n) is 11.3. The number of hydrogen-bond donors (Lipinski definition) is 1. The number of ether oxygens (including phenoxy) is 3. The van der Waals surface area contributed by atoms with E-state index in [-0.39, 0.29) is 27.9 Å². The highest BCUT2D eigenvalue weighted by Crippen LogP contribution is 2.47. The van der Waals surface area contributed by atoms with E-state index in [9.17, 15) is 27.9 Å². The van der Waals surface area contributed by atoms with E-state index in [0.717, 1.165) is 29.0 Å². The second kappa shape index (κ2) is 10.4. The van der Waals surface area contributed by atoms with Gasteiger partial charge in [-0.3, -0.25) is 4.79 Å². The molecule has 10 heteroatoms. The first-order valence-electron chi connectivity index (χ1n) is 13.8. The predicted octanol–water partition coefficient (Wildman–Crippen LogP) is 6.70. The molecule has 1 aromatic heterocycles. The van der Waals surface area contributed by atoms with Gasteiger partial charge in [0.05, 0.1) is 34.7 Å². The summed E-state index contributed by atoms with van der Waals surface area (Å²) in [6.45, 7) is 3.30. The maximum absolute atomic E-state index is 14.0. The molecule has 5 aromatic rings. The number of esters is 1. The van der Waals surface area contributed by atoms with Gasteiger partial charge in [0.2, 0.25) is 5.43 Å². The lowest BCUT2D eigenvalue weighted by Crippen LogP contribution is -2.51. The standard InChI is InChI=1S/C34H28F3NO6/c1-33(2)32(43-26(39)14-11-18-9-12-21(13-10-18)34(35,36)37)31(41)28-25(44-33)17-24(42-4)27-29(28)38(3)23-16-20-8-6-5-7-19(20)15-22(23)30(27)40/h5-17,31-32,41H,1-4H3/t31-,32-/m1/s1. The van der Waals surface area contributed by atoms with Crippen molar-refractivity contribution in [1.82, 2.24) is 4.57 Å². The third kappa shape index (κ3) is 4.85. The van der Waals surface area contributed by atoms with Crippen LogP contribution < -0.4 is 14.9 Å². The Hall–Kier alpha value is -4.83. The fraction of sp³-hybridized carbons (Fsp3) is 0.235. The van der Waals surface area contributed by atoms with E-state index in [0.29, 0.717) is 22.0 Å². The van der Waals surface area contributed by atoms with Crippen LogP contribution in [0, 0.1) is 0 Å². The molecule has 1 aliphatic heterocycles. The zero-order valence-electron chi connectivity index (χ0n) is 24.2. The molecular formula is C34H28F3NO6. The van der Waals surface area contributed by atoms with Crippen molar-refractivity contribution in [3.8, 4) is 11.5 Å². The topological polar surface area (TPSA) is 87.0 Å². The maximum atomic E-state index is 14.0. The smallest absolute Gasteiger partial charge is 0.416 e. The zero-order valence-corrected chi connectivity index (χ0v) is 24.2. The summed E-state index contributed by atoms with van der Waals surface area (Å²) in [5.74, 6) is -0.292. The Balaban J connectivity index is 1.43. The van der Waals surface area contributed by atoms with Gasteiger partial charge < -0.3 is 23.9 Å². The number of halogens is 3. The summed E-state index contributed by atoms with van der Waals surface area (Å²) in [5, 5.41) is 14.3. The van der Waals surface area contributed by atoms with Crippen molar-refractivity contribution in [2.24, 2.45) is 7.05 Å². The Morgan fingerprint density at radius 3 is 2.34 bits per heavy atom. The fourth-order valence-electron chi connectivity index (χ4n) is 5.87. The van der Waals surface area contributed by atoms with Crippen molar-refractivity contribution in [2.45, 2.75) is 37.8 Å². The third-order valence-electron chi connectivity index (χ3n) is 8.05. The van der Waals surface area contributed by atoms with Gasteiger partial charge in [-0.15, -0.1) is 0 Å². The summed E-state index contributed by atoms with van der Waals surface area (Å²) < 4.78 is 58.0. The van der Waals surface area contributed by atoms with Crippen molar-refractivity contribution in [3.05, 3.63) is 99.7 Å². The summed E-state index contributed by atoms with van der Waals surface area (Å²) in [6.07, 6.45) is -4.70. The molecule has 0 aliphatic carbocycles. The van der Waals surface area contributed by atoms with Gasteiger partial charge in [0.25, 0.3) is 0 Å². The van der Waals surface area contributed by atoms with E-state index in [1.54, 1.807) is 31.5 Å². The molecule has 0 amide bonds. The van der Waals surface area contributed by atoms with Gasteiger partial charge in [0.1, 0.15) is 23.2 Å². The Labute approximate surface area is 249 Å². The van der Waals surface area contributed by atoms with Crippen LogP contribution in [-0.2, 0) is 22.8 Å². The maximum Gasteiger partial charge on any atom is 0.416 e. The predicted molar refractivity (Wildman–Crippen MR) is 161 cm³/mol. The van der Waals surface area contributed by atoms with E-state index in [1.807, 2.05) is 36.4 Å². The van der Waals surface area contributed by atoms with E-state index in [4.69, 9.17) is 14.2 Å². The molecule has 0 spiro atoms. The van der Waals surface area contributed by atoms with E-state index in [1.165, 1.54) is 25.3 Å². The molecule has 0 saturated carbocycles. The van der Waals surface area contributed by atoms with Crippen molar-refractivity contribution in [1.29, 1.82) is 0 Å². The van der Waals surface area contributed by atoms with Gasteiger partial charge in [-0.1, -0.05) is 36.4 Å². The van der Waals surface area contributed by atoms with Gasteiger partial charge >= 0.3 is 12.1 Å². The Morgan fingerprint density at radius 2 is 1.70 bits per heavy atom. The molecule has 226 valence electrons. The van der Waals surface area contributed by atoms with Crippen LogP contribution in [0.2, 0.25) is 0 Å². The van der Waals surface area contributed by atoms with Crippen LogP contribution in [0.15, 0.2) is 77.6 Å². The van der Waals surface area contributed by atoms with Crippen molar-refractivity contribution in [3.63, 3.8) is 0 Å². The first-order chi connectivity index (χ1) is 20.8. The molecule has 44 heavy (non-hydrogen) atoms. The molecule has 0 fully saturated rings. The number of fused-ring (bicyclic) bond motifs is 5. The number of rotatable bonds is 4. The normalized spacial score (nSPS) is 18.0. The van der Waals surface area contributed by atoms with Gasteiger partial charge in [-0.05, 0) is 60.5 Å². The average Bonchev–Trinajstić information content (AvgIpc) is 2.98. The minimum absolute atomic E-state index is 0.242. The Bertz CT molecular complexity index is 2040. The van der Waals surface area contributed by atoms with Crippen molar-refractivity contribution >= 4 is 44.6 Å². The van der Waals surface area contributed by atoms with E-state index < -0.39 is 35.5 Å². The molecular weight excluding hydrogens is 575 g/mol. The van der Waals surface area contributed by atoms with Crippen LogP contribution in [0.4, 0.5) is 13.2 Å². The molecule has 7 nitrogen and oxygen atoms in total. The highest BCUT2D eigenvalue weighted by molar-refractivity contribution is 6.04. The van der Waals surface area contributed by atoms with E-state index >= 15 is 0 Å². The largest absolute Gasteiger partial charge is 0.496 e. The lowest BCUT2D eigenvalue weighted by atomic mass is 9.86. The zero-order chi connectivity index (χ0) is 31.6. The number of aliphatic hydroxyl groups is 1. The Kier molecular flexibility index (Phi) is 6.92. The van der Waals surface area contributed by atoms with Crippen LogP contribution in [0.25, 0.3) is 38.7 Å². The molecule has 6 rings (SSSR count). The number of pyridine rings is 1. The third-order valence-corrected chi connectivity index (χ3v) is 8.05. The molecule has 0 bridgehead atoms. The number of alkyl halides is 3. The van der Waals surface area contributed by atoms with Crippen LogP contribution in [-0.4, -0.2) is 34.5 Å². The molecule has 0 unspecified atom stereocenters. The molecule has 0 radical (unpaired) electrons. The quantitative estimate of drug-likeness (QED) is 0.140. The molecule has 2 heterocycles. The number of carbonyl (C=O) groups excluding carboxylic acids is 1. The molecule has 0 saturated heterocycles. The van der Waals surface area contributed by atoms with Gasteiger partial charge in [0.15, 0.2) is 6.10 Å². The SMILES string of the molecule is COc1cc2c(c3c1c(=O)c1cc4ccccc4cc1n3C)[C@@H](O)[C@@H](OC(=O)C=Cc1ccc(C(F)(F)F)cc1)C(C)(C)O2. The lowest BCUT2D eigenvalue weighted by Gasteiger charge is -2.42. The fourth-order valence-corrected chi connectivity index (χ4v) is 5.87. The average molecular weight is 604 g/mol. The molecule has 1 N–H and O–H groups in total. The number of nitrogens with zero attached hydrogens (tertiary/aromatic N) is 1. The first kappa shape index (κ1) is 29.3. The number of aromatic nitrogens is 1. The highest BCUT2D eigenvalue weighted by atomic mass is 19.4. The highest BCUT2D eigenvalue weighted by Gasteiger charge is 2.47. The number of carbonyl (C=O) groups is 1. The van der Waals surface area contributed by atoms with Gasteiger partial charge in [-0.25, -0.2) is 4.79 Å². The molecule has 1 aliphatic rings. The van der Waals surface area contributed by atoms with Crippen LogP contribution in [0.5, 0.6) is 11.5 Å². The Morgan fingerprint density at radius 1 is 1.05 bits per heavy atom. The number of methoxy groups -OCH3 is 1. The van der Waals surface area contributed by atoms with Crippen LogP contribution in [0.3, 0.4) is 0 Å². The van der Waals surface area contributed by atoms with Gasteiger partial charge in [-0.2, -0.15) is 13.2 Å². The minimum atomic E-state index is -4.47. The summed E-state index contributed by atoms with van der Waals surface area (Å²) in [6, 6.07) is 17.3. The van der Waals surface area contributed by atoms with Crippen LogP contribution >= 0.6 is 0 Å². The minimum Gasteiger partial charge on any atom is -0.496 e. The lowest BCUT2D eigenvalue weighted by molar-refractivity contribution is -0.171. The van der Waals surface area contributed by atoms with Crippen LogP contribution in [0.1, 0.15) is 36.6 Å². The number of aryl methyl sites for hydroxylation is 1. The summed E-state index contributed by atoms with van der Waals surface area (Å²) >= 11 is 0. The van der Waals surface area contributed by atoms with Crippen molar-refractivity contribution < 1.29 is 37.3 Å². The van der Waals surface area contributed by atoms with Crippen molar-refractivity contribution in [2.75, 3.05) is 7.11 Å². The molecule has 4 aromatic carbocycles. The number of hydrogen-bond acceptors (Lipinski definition) is 6. The van der Waals surface area contributed by atoms with E-state index in [2.05, 4.69) is 0 Å². The molecule has 2 atom stereocenters. The summed E-state index contributed by atoms with van der Waals surface area (Å²) in [5.41, 5.74) is -0.692.